The number of nitrogens with one attached hydrogen (secondary N) is 1. The minimum atomic E-state index is -1.40. The highest BCUT2D eigenvalue weighted by atomic mass is 32.1. The monoisotopic (exact) mass is 346 g/mol. The van der Waals surface area contributed by atoms with Crippen molar-refractivity contribution in [1.82, 2.24) is 10.3 Å². The van der Waals surface area contributed by atoms with Crippen molar-refractivity contribution in [2.45, 2.75) is 45.3 Å². The molecule has 23 heavy (non-hydrogen) atoms. The highest BCUT2D eigenvalue weighted by molar-refractivity contribution is 7.15. The maximum atomic E-state index is 11.9. The van der Waals surface area contributed by atoms with Crippen LogP contribution in [0.2, 0.25) is 0 Å². The molecule has 0 aromatic carbocycles. The maximum Gasteiger partial charge on any atom is 0.273 e. The number of amides is 1. The molecule has 0 saturated heterocycles. The number of thiazole rings is 1. The molecule has 0 fully saturated rings. The van der Waals surface area contributed by atoms with Gasteiger partial charge in [0.2, 0.25) is 0 Å². The van der Waals surface area contributed by atoms with E-state index in [9.17, 15) is 4.79 Å². The Balaban J connectivity index is 2.11. The number of rotatable bonds is 13. The molecular weight excluding hydrogens is 320 g/mol. The summed E-state index contributed by atoms with van der Waals surface area (Å²) in [5.41, 5.74) is 0. The number of hydrogen-bond donors (Lipinski definition) is 3. The van der Waals surface area contributed by atoms with Gasteiger partial charge in [-0.05, 0) is 19.8 Å². The lowest BCUT2D eigenvalue weighted by Gasteiger charge is -2.04. The van der Waals surface area contributed by atoms with Gasteiger partial charge in [0.25, 0.3) is 11.1 Å². The fourth-order valence-electron chi connectivity index (χ4n) is 1.80. The second kappa shape index (κ2) is 12.2. The van der Waals surface area contributed by atoms with Gasteiger partial charge in [-0.1, -0.05) is 24.2 Å². The number of aliphatic hydroxyl groups is 2. The average molecular weight is 346 g/mol. The number of aliphatic hydroxyl groups excluding tert-OH is 1. The molecule has 0 aliphatic carbocycles. The van der Waals surface area contributed by atoms with Gasteiger partial charge in [0.15, 0.2) is 6.29 Å². The average Bonchev–Trinajstić information content (AvgIpc) is 2.98. The molecule has 0 saturated carbocycles. The molecule has 1 amide bonds. The van der Waals surface area contributed by atoms with Crippen LogP contribution in [-0.2, 0) is 4.74 Å². The van der Waals surface area contributed by atoms with Gasteiger partial charge >= 0.3 is 0 Å². The van der Waals surface area contributed by atoms with Crippen LogP contribution in [0.15, 0.2) is 6.20 Å². The summed E-state index contributed by atoms with van der Waals surface area (Å²) in [5.74, 6) is -0.158. The summed E-state index contributed by atoms with van der Waals surface area (Å²) in [7, 11) is 0. The van der Waals surface area contributed by atoms with Crippen LogP contribution in [0.5, 0.6) is 5.19 Å². The van der Waals surface area contributed by atoms with Crippen LogP contribution in [0.1, 0.15) is 48.7 Å². The van der Waals surface area contributed by atoms with E-state index in [0.29, 0.717) is 16.6 Å². The first-order valence-electron chi connectivity index (χ1n) is 7.94. The van der Waals surface area contributed by atoms with Crippen molar-refractivity contribution in [3.8, 4) is 5.19 Å². The predicted molar refractivity (Wildman–Crippen MR) is 87.7 cm³/mol. The Morgan fingerprint density at radius 3 is 2.83 bits per heavy atom. The molecule has 1 aromatic heterocycles. The molecule has 0 spiro atoms. The molecule has 0 radical (unpaired) electrons. The van der Waals surface area contributed by atoms with Gasteiger partial charge in [-0.3, -0.25) is 4.79 Å². The fraction of sp³-hybridized carbons (Fsp3) is 0.733. The second-order valence-corrected chi connectivity index (χ2v) is 5.97. The smallest absolute Gasteiger partial charge is 0.273 e. The standard InChI is InChI=1S/C15H26N2O5S/c1-2-21-9-6-4-3-5-8-16-14(20)12-11-17-15(23-12)22-10-7-13(18)19/h11,13,18-19H,2-10H2,1H3,(H,16,20). The van der Waals surface area contributed by atoms with Gasteiger partial charge < -0.3 is 25.0 Å². The number of carbonyl (C=O) groups excluding carboxylic acids is 1. The highest BCUT2D eigenvalue weighted by Gasteiger charge is 2.11. The molecule has 1 rings (SSSR count). The zero-order valence-electron chi connectivity index (χ0n) is 13.5. The van der Waals surface area contributed by atoms with Gasteiger partial charge in [-0.2, -0.15) is 0 Å². The molecule has 0 unspecified atom stereocenters. The van der Waals surface area contributed by atoms with Crippen molar-refractivity contribution >= 4 is 17.2 Å². The van der Waals surface area contributed by atoms with E-state index in [4.69, 9.17) is 19.7 Å². The van der Waals surface area contributed by atoms with Crippen molar-refractivity contribution in [2.75, 3.05) is 26.4 Å². The highest BCUT2D eigenvalue weighted by Crippen LogP contribution is 2.20. The Hall–Kier alpha value is -1.22. The van der Waals surface area contributed by atoms with Gasteiger partial charge in [0.1, 0.15) is 4.88 Å². The zero-order valence-corrected chi connectivity index (χ0v) is 14.3. The van der Waals surface area contributed by atoms with Crippen LogP contribution in [0.4, 0.5) is 0 Å². The summed E-state index contributed by atoms with van der Waals surface area (Å²) >= 11 is 1.14. The van der Waals surface area contributed by atoms with Crippen molar-refractivity contribution < 1.29 is 24.5 Å². The summed E-state index contributed by atoms with van der Waals surface area (Å²) in [5, 5.41) is 20.6. The van der Waals surface area contributed by atoms with Gasteiger partial charge in [0, 0.05) is 26.2 Å². The fourth-order valence-corrected chi connectivity index (χ4v) is 2.50. The van der Waals surface area contributed by atoms with Crippen molar-refractivity contribution in [2.24, 2.45) is 0 Å². The number of carbonyl (C=O) groups is 1. The summed E-state index contributed by atoms with van der Waals surface area (Å²) in [6, 6.07) is 0. The molecule has 3 N–H and O–H groups in total. The molecule has 0 bridgehead atoms. The Morgan fingerprint density at radius 1 is 1.30 bits per heavy atom. The van der Waals surface area contributed by atoms with Crippen LogP contribution >= 0.6 is 11.3 Å². The first-order valence-corrected chi connectivity index (χ1v) is 8.75. The lowest BCUT2D eigenvalue weighted by atomic mass is 10.2. The third-order valence-electron chi connectivity index (χ3n) is 3.01. The normalized spacial score (nSPS) is 11.0. The number of nitrogens with zero attached hydrogens (tertiary/aromatic N) is 1. The van der Waals surface area contributed by atoms with Crippen LogP contribution in [-0.4, -0.2) is 53.8 Å². The molecule has 132 valence electrons. The van der Waals surface area contributed by atoms with Crippen molar-refractivity contribution in [3.05, 3.63) is 11.1 Å². The van der Waals surface area contributed by atoms with E-state index in [1.807, 2.05) is 6.92 Å². The van der Waals surface area contributed by atoms with E-state index in [-0.39, 0.29) is 18.9 Å². The Kier molecular flexibility index (Phi) is 10.5. The van der Waals surface area contributed by atoms with Crippen molar-refractivity contribution in [3.63, 3.8) is 0 Å². The molecular formula is C15H26N2O5S. The molecule has 1 aromatic rings. The number of hydrogen-bond acceptors (Lipinski definition) is 7. The van der Waals surface area contributed by atoms with Gasteiger partial charge in [-0.25, -0.2) is 4.98 Å². The van der Waals surface area contributed by atoms with E-state index in [1.54, 1.807) is 0 Å². The summed E-state index contributed by atoms with van der Waals surface area (Å²) in [4.78, 5) is 16.4. The predicted octanol–water partition coefficient (Wildman–Crippen LogP) is 1.55. The molecule has 0 atom stereocenters. The van der Waals surface area contributed by atoms with Gasteiger partial charge in [-0.15, -0.1) is 0 Å². The van der Waals surface area contributed by atoms with E-state index < -0.39 is 6.29 Å². The Labute approximate surface area is 140 Å². The van der Waals surface area contributed by atoms with E-state index >= 15 is 0 Å². The van der Waals surface area contributed by atoms with Crippen LogP contribution in [0, 0.1) is 0 Å². The lowest BCUT2D eigenvalue weighted by molar-refractivity contribution is -0.0519. The number of ether oxygens (including phenoxy) is 2. The molecule has 7 nitrogen and oxygen atoms in total. The number of aromatic nitrogens is 1. The molecule has 8 heteroatoms. The lowest BCUT2D eigenvalue weighted by Crippen LogP contribution is -2.23. The summed E-state index contributed by atoms with van der Waals surface area (Å²) < 4.78 is 10.5. The van der Waals surface area contributed by atoms with Crippen LogP contribution < -0.4 is 10.1 Å². The van der Waals surface area contributed by atoms with Crippen molar-refractivity contribution in [1.29, 1.82) is 0 Å². The largest absolute Gasteiger partial charge is 0.470 e. The molecule has 1 heterocycles. The zero-order chi connectivity index (χ0) is 16.9. The molecule has 0 aliphatic heterocycles. The topological polar surface area (TPSA) is 101 Å². The third kappa shape index (κ3) is 9.50. The summed E-state index contributed by atoms with van der Waals surface area (Å²) in [6.07, 6.45) is 4.33. The third-order valence-corrected chi connectivity index (χ3v) is 3.92. The maximum absolute atomic E-state index is 11.9. The quantitative estimate of drug-likeness (QED) is 0.370. The first kappa shape index (κ1) is 19.8. The minimum absolute atomic E-state index is 0.102. The minimum Gasteiger partial charge on any atom is -0.470 e. The Morgan fingerprint density at radius 2 is 2.09 bits per heavy atom. The van der Waals surface area contributed by atoms with E-state index in [0.717, 1.165) is 50.2 Å². The first-order chi connectivity index (χ1) is 11.1. The second-order valence-electron chi connectivity index (χ2n) is 4.98. The Bertz CT molecular complexity index is 439. The van der Waals surface area contributed by atoms with Crippen LogP contribution in [0.3, 0.4) is 0 Å². The number of unbranched alkanes of at least 4 members (excludes halogenated alkanes) is 3. The summed E-state index contributed by atoms with van der Waals surface area (Å²) in [6.45, 7) is 4.34. The molecule has 0 aliphatic rings. The van der Waals surface area contributed by atoms with Gasteiger partial charge in [0.05, 0.1) is 12.8 Å². The SMILES string of the molecule is CCOCCCCCCNC(=O)c1cnc(OCCC(O)O)s1. The van der Waals surface area contributed by atoms with E-state index in [2.05, 4.69) is 10.3 Å². The van der Waals surface area contributed by atoms with E-state index in [1.165, 1.54) is 6.20 Å². The van der Waals surface area contributed by atoms with Crippen LogP contribution in [0.25, 0.3) is 0 Å².